The third-order valence-electron chi connectivity index (χ3n) is 4.20. The van der Waals surface area contributed by atoms with E-state index in [1.807, 2.05) is 36.6 Å². The lowest BCUT2D eigenvalue weighted by Crippen LogP contribution is -2.29. The van der Waals surface area contributed by atoms with Gasteiger partial charge in [0, 0.05) is 10.9 Å². The Morgan fingerprint density at radius 1 is 1.11 bits per heavy atom. The van der Waals surface area contributed by atoms with Gasteiger partial charge >= 0.3 is 0 Å². The van der Waals surface area contributed by atoms with Gasteiger partial charge in [-0.05, 0) is 43.3 Å². The van der Waals surface area contributed by atoms with E-state index < -0.39 is 15.9 Å². The first-order valence-corrected chi connectivity index (χ1v) is 10.7. The molecule has 28 heavy (non-hydrogen) atoms. The van der Waals surface area contributed by atoms with Crippen molar-refractivity contribution in [2.75, 3.05) is 6.61 Å². The monoisotopic (exact) mass is 480 g/mol. The summed E-state index contributed by atoms with van der Waals surface area (Å²) >= 11 is 1.33. The number of fused-ring (bicyclic) bond motifs is 1. The SMILES string of the molecule is Br.CCOc1ccc(-c2csc(CN3C(=O)c4ccccc4S3(=O)=O)n2)cc1. The highest BCUT2D eigenvalue weighted by molar-refractivity contribution is 8.93. The van der Waals surface area contributed by atoms with Crippen LogP contribution in [-0.2, 0) is 16.6 Å². The fourth-order valence-electron chi connectivity index (χ4n) is 2.91. The molecule has 2 aromatic carbocycles. The molecule has 6 nitrogen and oxygen atoms in total. The van der Waals surface area contributed by atoms with E-state index >= 15 is 0 Å². The molecule has 1 aliphatic heterocycles. The Kier molecular flexibility index (Phi) is 5.87. The predicted molar refractivity (Wildman–Crippen MR) is 113 cm³/mol. The Bertz CT molecular complexity index is 1110. The minimum Gasteiger partial charge on any atom is -0.494 e. The number of nitrogens with zero attached hydrogens (tertiary/aromatic N) is 2. The summed E-state index contributed by atoms with van der Waals surface area (Å²) in [6.07, 6.45) is 0. The van der Waals surface area contributed by atoms with Crippen LogP contribution >= 0.6 is 28.3 Å². The Balaban J connectivity index is 0.00000225. The fraction of sp³-hybridized carbons (Fsp3) is 0.158. The fourth-order valence-corrected chi connectivity index (χ4v) is 5.32. The van der Waals surface area contributed by atoms with Crippen LogP contribution in [0.3, 0.4) is 0 Å². The number of aromatic nitrogens is 1. The normalized spacial score (nSPS) is 14.5. The summed E-state index contributed by atoms with van der Waals surface area (Å²) in [5.41, 5.74) is 1.85. The number of amides is 1. The second-order valence-electron chi connectivity index (χ2n) is 5.90. The van der Waals surface area contributed by atoms with E-state index in [1.165, 1.54) is 23.5 Å². The Hall–Kier alpha value is -2.23. The van der Waals surface area contributed by atoms with E-state index in [0.717, 1.165) is 21.3 Å². The lowest BCUT2D eigenvalue weighted by molar-refractivity contribution is 0.0865. The van der Waals surface area contributed by atoms with Gasteiger partial charge < -0.3 is 4.74 Å². The van der Waals surface area contributed by atoms with Gasteiger partial charge in [0.15, 0.2) is 0 Å². The number of hydrogen-bond acceptors (Lipinski definition) is 6. The highest BCUT2D eigenvalue weighted by Gasteiger charge is 2.41. The minimum absolute atomic E-state index is 0. The standard InChI is InChI=1S/C19H16N2O4S2.BrH/c1-2-25-14-9-7-13(8-10-14)16-12-26-18(20-16)11-21-19(22)15-5-3-4-6-17(15)27(21,23)24;/h3-10,12H,2,11H2,1H3;1H. The molecule has 0 aliphatic carbocycles. The van der Waals surface area contributed by atoms with Gasteiger partial charge in [-0.3, -0.25) is 4.79 Å². The highest BCUT2D eigenvalue weighted by atomic mass is 79.9. The third kappa shape index (κ3) is 3.57. The summed E-state index contributed by atoms with van der Waals surface area (Å²) in [6, 6.07) is 13.8. The average molecular weight is 481 g/mol. The van der Waals surface area contributed by atoms with Gasteiger partial charge in [-0.1, -0.05) is 12.1 Å². The maximum atomic E-state index is 12.6. The van der Waals surface area contributed by atoms with Crippen LogP contribution in [0.1, 0.15) is 22.3 Å². The number of halogens is 1. The second-order valence-corrected chi connectivity index (χ2v) is 8.67. The van der Waals surface area contributed by atoms with E-state index in [9.17, 15) is 13.2 Å². The maximum absolute atomic E-state index is 12.6. The van der Waals surface area contributed by atoms with Crippen molar-refractivity contribution in [3.63, 3.8) is 0 Å². The molecule has 0 unspecified atom stereocenters. The summed E-state index contributed by atoms with van der Waals surface area (Å²) in [5, 5.41) is 2.41. The number of hydrogen-bond donors (Lipinski definition) is 0. The van der Waals surface area contributed by atoms with E-state index in [0.29, 0.717) is 11.6 Å². The summed E-state index contributed by atoms with van der Waals surface area (Å²) in [5.74, 6) is 0.270. The van der Waals surface area contributed by atoms with Crippen molar-refractivity contribution in [3.05, 3.63) is 64.5 Å². The third-order valence-corrected chi connectivity index (χ3v) is 6.82. The largest absolute Gasteiger partial charge is 0.494 e. The van der Waals surface area contributed by atoms with E-state index in [4.69, 9.17) is 4.74 Å². The molecule has 0 saturated heterocycles. The molecule has 0 N–H and O–H groups in total. The minimum atomic E-state index is -3.83. The van der Waals surface area contributed by atoms with Crippen molar-refractivity contribution < 1.29 is 17.9 Å². The molecule has 0 fully saturated rings. The van der Waals surface area contributed by atoms with Gasteiger partial charge in [-0.25, -0.2) is 17.7 Å². The van der Waals surface area contributed by atoms with Crippen LogP contribution in [0, 0.1) is 0 Å². The lowest BCUT2D eigenvalue weighted by Gasteiger charge is -2.12. The van der Waals surface area contributed by atoms with Gasteiger partial charge in [-0.15, -0.1) is 28.3 Å². The van der Waals surface area contributed by atoms with Gasteiger partial charge in [-0.2, -0.15) is 0 Å². The molecule has 0 bridgehead atoms. The van der Waals surface area contributed by atoms with E-state index in [1.54, 1.807) is 12.1 Å². The summed E-state index contributed by atoms with van der Waals surface area (Å²) in [7, 11) is -3.83. The van der Waals surface area contributed by atoms with Crippen molar-refractivity contribution in [1.29, 1.82) is 0 Å². The van der Waals surface area contributed by atoms with Crippen LogP contribution in [-0.4, -0.2) is 30.2 Å². The first-order valence-electron chi connectivity index (χ1n) is 8.34. The number of benzene rings is 2. The summed E-state index contributed by atoms with van der Waals surface area (Å²) in [4.78, 5) is 17.1. The molecular formula is C19H17BrN2O4S2. The van der Waals surface area contributed by atoms with Crippen LogP contribution in [0.25, 0.3) is 11.3 Å². The molecule has 0 spiro atoms. The Morgan fingerprint density at radius 2 is 1.82 bits per heavy atom. The zero-order valence-electron chi connectivity index (χ0n) is 14.9. The highest BCUT2D eigenvalue weighted by Crippen LogP contribution is 2.32. The molecule has 0 saturated carbocycles. The zero-order valence-corrected chi connectivity index (χ0v) is 18.2. The Morgan fingerprint density at radius 3 is 2.50 bits per heavy atom. The van der Waals surface area contributed by atoms with Crippen molar-refractivity contribution >= 4 is 44.2 Å². The molecule has 9 heteroatoms. The zero-order chi connectivity index (χ0) is 19.0. The molecule has 146 valence electrons. The van der Waals surface area contributed by atoms with E-state index in [-0.39, 0.29) is 34.0 Å². The van der Waals surface area contributed by atoms with Gasteiger partial charge in [0.1, 0.15) is 15.7 Å². The molecule has 1 aliphatic rings. The first kappa shape index (κ1) is 20.5. The molecule has 3 aromatic rings. The van der Waals surface area contributed by atoms with Crippen LogP contribution in [0.2, 0.25) is 0 Å². The van der Waals surface area contributed by atoms with Crippen molar-refractivity contribution in [2.45, 2.75) is 18.4 Å². The first-order chi connectivity index (χ1) is 13.0. The molecule has 4 rings (SSSR count). The van der Waals surface area contributed by atoms with Crippen molar-refractivity contribution in [1.82, 2.24) is 9.29 Å². The topological polar surface area (TPSA) is 76.6 Å². The molecular weight excluding hydrogens is 464 g/mol. The average Bonchev–Trinajstić information content (AvgIpc) is 3.21. The lowest BCUT2D eigenvalue weighted by atomic mass is 10.2. The smallest absolute Gasteiger partial charge is 0.269 e. The number of ether oxygens (including phenoxy) is 1. The summed E-state index contributed by atoms with van der Waals surface area (Å²) < 4.78 is 31.6. The molecule has 0 radical (unpaired) electrons. The molecule has 0 atom stereocenters. The van der Waals surface area contributed by atoms with Gasteiger partial charge in [0.2, 0.25) is 0 Å². The molecule has 1 aromatic heterocycles. The number of carbonyl (C=O) groups is 1. The number of thiazole rings is 1. The predicted octanol–water partition coefficient (Wildman–Crippen LogP) is 4.13. The summed E-state index contributed by atoms with van der Waals surface area (Å²) in [6.45, 7) is 2.45. The van der Waals surface area contributed by atoms with Crippen LogP contribution in [0.4, 0.5) is 0 Å². The van der Waals surface area contributed by atoms with Crippen molar-refractivity contribution in [3.8, 4) is 17.0 Å². The van der Waals surface area contributed by atoms with Crippen LogP contribution in [0.5, 0.6) is 5.75 Å². The number of sulfonamides is 1. The van der Waals surface area contributed by atoms with E-state index in [2.05, 4.69) is 4.98 Å². The van der Waals surface area contributed by atoms with Gasteiger partial charge in [0.25, 0.3) is 15.9 Å². The Labute approximate surface area is 177 Å². The van der Waals surface area contributed by atoms with Crippen LogP contribution < -0.4 is 4.74 Å². The quantitative estimate of drug-likeness (QED) is 0.548. The molecule has 2 heterocycles. The maximum Gasteiger partial charge on any atom is 0.269 e. The van der Waals surface area contributed by atoms with Crippen LogP contribution in [0.15, 0.2) is 58.8 Å². The van der Waals surface area contributed by atoms with Crippen molar-refractivity contribution in [2.24, 2.45) is 0 Å². The van der Waals surface area contributed by atoms with Gasteiger partial charge in [0.05, 0.1) is 24.4 Å². The second kappa shape index (κ2) is 8.02. The number of carbonyl (C=O) groups excluding carboxylic acids is 1. The number of rotatable bonds is 5. The molecule has 1 amide bonds.